The molecule has 0 saturated heterocycles. The van der Waals surface area contributed by atoms with E-state index in [1.807, 2.05) is 6.08 Å². The van der Waals surface area contributed by atoms with Gasteiger partial charge in [-0.15, -0.1) is 0 Å². The van der Waals surface area contributed by atoms with Crippen molar-refractivity contribution >= 4 is 17.5 Å². The minimum atomic E-state index is -0.589. The number of fused-ring (bicyclic) bond motifs is 2. The van der Waals surface area contributed by atoms with Gasteiger partial charge >= 0.3 is 5.97 Å². The van der Waals surface area contributed by atoms with E-state index in [1.54, 1.807) is 0 Å². The summed E-state index contributed by atoms with van der Waals surface area (Å²) in [4.78, 5) is 37.7. The first kappa shape index (κ1) is 19.1. The van der Waals surface area contributed by atoms with Crippen LogP contribution in [0.2, 0.25) is 0 Å². The van der Waals surface area contributed by atoms with Gasteiger partial charge in [0.2, 0.25) is 0 Å². The van der Waals surface area contributed by atoms with Crippen LogP contribution in [-0.4, -0.2) is 23.6 Å². The third-order valence-electron chi connectivity index (χ3n) is 7.04. The summed E-state index contributed by atoms with van der Waals surface area (Å²) in [5, 5.41) is 0. The van der Waals surface area contributed by atoms with Crippen LogP contribution in [0, 0.1) is 22.7 Å². The number of allylic oxidation sites excluding steroid dienone is 2. The topological polar surface area (TPSA) is 60.4 Å². The number of hydrogen-bond donors (Lipinski definition) is 0. The Balaban J connectivity index is 2.08. The average Bonchev–Trinajstić information content (AvgIpc) is 2.81. The van der Waals surface area contributed by atoms with Crippen molar-refractivity contribution in [2.24, 2.45) is 22.7 Å². The van der Waals surface area contributed by atoms with Crippen LogP contribution < -0.4 is 0 Å². The Kier molecular flexibility index (Phi) is 4.74. The zero-order valence-electron chi connectivity index (χ0n) is 16.4. The van der Waals surface area contributed by atoms with Crippen molar-refractivity contribution in [3.8, 4) is 0 Å². The largest absolute Gasteiger partial charge is 0.458 e. The van der Waals surface area contributed by atoms with E-state index >= 15 is 0 Å². The number of esters is 1. The number of ether oxygens (including phenoxy) is 1. The number of hydrogen-bond acceptors (Lipinski definition) is 4. The van der Waals surface area contributed by atoms with E-state index in [4.69, 9.17) is 4.74 Å². The van der Waals surface area contributed by atoms with E-state index in [1.165, 1.54) is 6.92 Å². The quantitative estimate of drug-likeness (QED) is 0.521. The summed E-state index contributed by atoms with van der Waals surface area (Å²) in [6.07, 6.45) is 5.85. The number of carbonyl (C=O) groups is 3. The van der Waals surface area contributed by atoms with Crippen LogP contribution in [0.4, 0.5) is 0 Å². The molecule has 4 nitrogen and oxygen atoms in total. The molecule has 3 rings (SSSR count). The van der Waals surface area contributed by atoms with Crippen LogP contribution in [-0.2, 0) is 19.1 Å². The van der Waals surface area contributed by atoms with Crippen LogP contribution >= 0.6 is 0 Å². The molecule has 0 heterocycles. The molecular formula is C22H30O4. The highest BCUT2D eigenvalue weighted by Crippen LogP contribution is 2.55. The van der Waals surface area contributed by atoms with Gasteiger partial charge in [0.05, 0.1) is 0 Å². The van der Waals surface area contributed by atoms with Crippen molar-refractivity contribution in [1.82, 2.24) is 0 Å². The molecule has 2 bridgehead atoms. The van der Waals surface area contributed by atoms with E-state index < -0.39 is 17.5 Å². The summed E-state index contributed by atoms with van der Waals surface area (Å²) in [6, 6.07) is 0. The Morgan fingerprint density at radius 3 is 2.58 bits per heavy atom. The van der Waals surface area contributed by atoms with Gasteiger partial charge in [-0.2, -0.15) is 0 Å². The standard InChI is InChI=1S/C22H30O4/c1-13-15-7-8-19(24)22(5)10-6-9-21(3,4)18(22)12-17(26-14(2)23)16(11-15)20(13)25/h11,15,17-18H,1,6-10,12H2,2-5H3. The Morgan fingerprint density at radius 2 is 1.92 bits per heavy atom. The van der Waals surface area contributed by atoms with Gasteiger partial charge in [-0.25, -0.2) is 0 Å². The molecule has 0 aromatic carbocycles. The predicted octanol–water partition coefficient (Wildman–Crippen LogP) is 4.19. The van der Waals surface area contributed by atoms with Crippen molar-refractivity contribution < 1.29 is 19.1 Å². The van der Waals surface area contributed by atoms with Crippen LogP contribution in [0.15, 0.2) is 23.8 Å². The highest BCUT2D eigenvalue weighted by molar-refractivity contribution is 6.12. The van der Waals surface area contributed by atoms with Gasteiger partial charge in [0.25, 0.3) is 0 Å². The van der Waals surface area contributed by atoms with Gasteiger partial charge in [-0.1, -0.05) is 39.8 Å². The fourth-order valence-corrected chi connectivity index (χ4v) is 5.52. The molecule has 0 radical (unpaired) electrons. The van der Waals surface area contributed by atoms with Crippen molar-refractivity contribution in [1.29, 1.82) is 0 Å². The number of ketones is 2. The highest BCUT2D eigenvalue weighted by Gasteiger charge is 2.52. The van der Waals surface area contributed by atoms with Gasteiger partial charge in [-0.3, -0.25) is 14.4 Å². The molecule has 4 heteroatoms. The smallest absolute Gasteiger partial charge is 0.303 e. The molecule has 142 valence electrons. The molecule has 0 amide bonds. The third kappa shape index (κ3) is 3.08. The lowest BCUT2D eigenvalue weighted by molar-refractivity contribution is -0.149. The first-order valence-electron chi connectivity index (χ1n) is 9.72. The molecule has 4 atom stereocenters. The Hall–Kier alpha value is -1.71. The normalized spacial score (nSPS) is 37.0. The second-order valence-electron chi connectivity index (χ2n) is 9.19. The highest BCUT2D eigenvalue weighted by atomic mass is 16.5. The molecule has 3 aliphatic carbocycles. The molecule has 1 fully saturated rings. The lowest BCUT2D eigenvalue weighted by Crippen LogP contribution is -2.49. The van der Waals surface area contributed by atoms with Crippen LogP contribution in [0.3, 0.4) is 0 Å². The zero-order valence-corrected chi connectivity index (χ0v) is 16.4. The number of rotatable bonds is 1. The molecule has 0 spiro atoms. The van der Waals surface area contributed by atoms with Crippen molar-refractivity contribution in [2.75, 3.05) is 0 Å². The molecule has 0 N–H and O–H groups in total. The van der Waals surface area contributed by atoms with E-state index in [-0.39, 0.29) is 28.8 Å². The Labute approximate surface area is 156 Å². The third-order valence-corrected chi connectivity index (χ3v) is 7.04. The van der Waals surface area contributed by atoms with Crippen molar-refractivity contribution in [2.45, 2.75) is 72.3 Å². The van der Waals surface area contributed by atoms with Crippen LogP contribution in [0.5, 0.6) is 0 Å². The molecule has 0 aliphatic heterocycles. The molecular weight excluding hydrogens is 328 g/mol. The number of carbonyl (C=O) groups excluding carboxylic acids is 3. The van der Waals surface area contributed by atoms with Gasteiger partial charge in [0.1, 0.15) is 11.9 Å². The van der Waals surface area contributed by atoms with Crippen LogP contribution in [0.1, 0.15) is 66.2 Å². The Bertz CT molecular complexity index is 699. The van der Waals surface area contributed by atoms with E-state index in [2.05, 4.69) is 27.4 Å². The molecule has 1 saturated carbocycles. The summed E-state index contributed by atoms with van der Waals surface area (Å²) < 4.78 is 5.61. The fraction of sp³-hybridized carbons (Fsp3) is 0.682. The summed E-state index contributed by atoms with van der Waals surface area (Å²) in [5.74, 6) is -0.265. The predicted molar refractivity (Wildman–Crippen MR) is 99.4 cm³/mol. The summed E-state index contributed by atoms with van der Waals surface area (Å²) >= 11 is 0. The maximum absolute atomic E-state index is 13.2. The van der Waals surface area contributed by atoms with Crippen molar-refractivity contribution in [3.63, 3.8) is 0 Å². The Morgan fingerprint density at radius 1 is 1.23 bits per heavy atom. The van der Waals surface area contributed by atoms with Crippen LogP contribution in [0.25, 0.3) is 0 Å². The summed E-state index contributed by atoms with van der Waals surface area (Å²) in [6.45, 7) is 11.8. The minimum absolute atomic E-state index is 0.0428. The maximum Gasteiger partial charge on any atom is 0.303 e. The summed E-state index contributed by atoms with van der Waals surface area (Å²) in [5.41, 5.74) is 0.619. The van der Waals surface area contributed by atoms with E-state index in [0.717, 1.165) is 19.3 Å². The van der Waals surface area contributed by atoms with Crippen molar-refractivity contribution in [3.05, 3.63) is 23.8 Å². The molecule has 4 unspecified atom stereocenters. The maximum atomic E-state index is 13.2. The van der Waals surface area contributed by atoms with E-state index in [0.29, 0.717) is 30.4 Å². The molecule has 3 aliphatic rings. The molecule has 26 heavy (non-hydrogen) atoms. The first-order chi connectivity index (χ1) is 12.1. The zero-order chi connectivity index (χ0) is 19.3. The van der Waals surface area contributed by atoms with Gasteiger partial charge in [0.15, 0.2) is 5.78 Å². The van der Waals surface area contributed by atoms with Gasteiger partial charge in [-0.05, 0) is 42.6 Å². The molecule has 0 aromatic heterocycles. The number of Topliss-reactive ketones (excluding diaryl/α,β-unsaturated/α-hetero) is 2. The lowest BCUT2D eigenvalue weighted by Gasteiger charge is -2.51. The fourth-order valence-electron chi connectivity index (χ4n) is 5.52. The second kappa shape index (κ2) is 6.47. The minimum Gasteiger partial charge on any atom is -0.458 e. The SMILES string of the molecule is C=C1C(=O)C2=CC1CCC(=O)C1(C)CCCC(C)(C)C1CC2OC(C)=O. The van der Waals surface area contributed by atoms with Gasteiger partial charge < -0.3 is 4.74 Å². The lowest BCUT2D eigenvalue weighted by atomic mass is 9.53. The molecule has 0 aromatic rings. The van der Waals surface area contributed by atoms with Gasteiger partial charge in [0, 0.05) is 30.3 Å². The second-order valence-corrected chi connectivity index (χ2v) is 9.19. The average molecular weight is 358 g/mol. The summed E-state index contributed by atoms with van der Waals surface area (Å²) in [7, 11) is 0. The first-order valence-corrected chi connectivity index (χ1v) is 9.72. The van der Waals surface area contributed by atoms with E-state index in [9.17, 15) is 14.4 Å². The monoisotopic (exact) mass is 358 g/mol.